The smallest absolute Gasteiger partial charge is 0.350 e. The number of aliphatic carboxylic acids is 1. The number of hydrogen-bond acceptors (Lipinski definition) is 6. The van der Waals surface area contributed by atoms with Crippen LogP contribution in [0.1, 0.15) is 20.8 Å². The third-order valence-corrected chi connectivity index (χ3v) is 1.96. The number of carboxylic acid groups (broad SMARTS) is 1. The first-order valence-electron chi connectivity index (χ1n) is 4.88. The Balaban J connectivity index is 2.78. The zero-order valence-corrected chi connectivity index (χ0v) is 9.64. The number of carbonyl (C=O) groups is 3. The molecule has 1 aliphatic heterocycles. The van der Waals surface area contributed by atoms with Crippen molar-refractivity contribution in [3.8, 4) is 0 Å². The Kier molecular flexibility index (Phi) is 3.40. The van der Waals surface area contributed by atoms with Crippen molar-refractivity contribution in [2.45, 2.75) is 32.6 Å². The molecule has 0 aromatic carbocycles. The molecule has 0 spiro atoms. The molecule has 0 amide bonds. The molecule has 17 heavy (non-hydrogen) atoms. The molecular formula is C10H13NO6. The van der Waals surface area contributed by atoms with Gasteiger partial charge < -0.3 is 19.9 Å². The molecule has 1 aliphatic rings. The monoisotopic (exact) mass is 243 g/mol. The van der Waals surface area contributed by atoms with E-state index in [2.05, 4.69) is 5.32 Å². The molecule has 1 saturated heterocycles. The highest BCUT2D eigenvalue weighted by Gasteiger charge is 2.39. The van der Waals surface area contributed by atoms with Gasteiger partial charge in [-0.1, -0.05) is 0 Å². The molecule has 1 rings (SSSR count). The summed E-state index contributed by atoms with van der Waals surface area (Å²) in [6, 6.07) is -0.932. The van der Waals surface area contributed by atoms with E-state index < -0.39 is 29.7 Å². The lowest BCUT2D eigenvalue weighted by molar-refractivity contribution is -0.222. The van der Waals surface area contributed by atoms with Gasteiger partial charge in [0.1, 0.15) is 6.04 Å². The molecule has 1 atom stereocenters. The van der Waals surface area contributed by atoms with Gasteiger partial charge in [0.05, 0.1) is 0 Å². The van der Waals surface area contributed by atoms with Gasteiger partial charge in [-0.15, -0.1) is 0 Å². The van der Waals surface area contributed by atoms with E-state index in [0.717, 1.165) is 6.20 Å². The van der Waals surface area contributed by atoms with Crippen molar-refractivity contribution in [2.24, 2.45) is 0 Å². The number of hydrogen-bond donors (Lipinski definition) is 2. The number of carboxylic acids is 1. The van der Waals surface area contributed by atoms with Crippen LogP contribution in [-0.2, 0) is 23.9 Å². The van der Waals surface area contributed by atoms with Crippen LogP contribution in [0.15, 0.2) is 11.8 Å². The van der Waals surface area contributed by atoms with Crippen LogP contribution in [0.3, 0.4) is 0 Å². The molecule has 0 radical (unpaired) electrons. The molecule has 7 heteroatoms. The second-order valence-electron chi connectivity index (χ2n) is 3.96. The minimum absolute atomic E-state index is 0.363. The van der Waals surface area contributed by atoms with Crippen molar-refractivity contribution < 1.29 is 29.0 Å². The van der Waals surface area contributed by atoms with Gasteiger partial charge >= 0.3 is 17.9 Å². The Morgan fingerprint density at radius 2 is 1.82 bits per heavy atom. The molecule has 0 aliphatic carbocycles. The molecule has 0 unspecified atom stereocenters. The van der Waals surface area contributed by atoms with Crippen LogP contribution in [0, 0.1) is 0 Å². The second-order valence-corrected chi connectivity index (χ2v) is 3.96. The van der Waals surface area contributed by atoms with Crippen LogP contribution in [-0.4, -0.2) is 34.8 Å². The van der Waals surface area contributed by atoms with Crippen molar-refractivity contribution >= 4 is 17.9 Å². The highest BCUT2D eigenvalue weighted by Crippen LogP contribution is 2.21. The lowest BCUT2D eigenvalue weighted by atomic mass is 10.2. The van der Waals surface area contributed by atoms with E-state index in [1.54, 1.807) is 0 Å². The summed E-state index contributed by atoms with van der Waals surface area (Å²) in [7, 11) is 0. The topological polar surface area (TPSA) is 102 Å². The van der Waals surface area contributed by atoms with Crippen molar-refractivity contribution in [1.82, 2.24) is 5.32 Å². The van der Waals surface area contributed by atoms with Gasteiger partial charge in [0.25, 0.3) is 5.79 Å². The fourth-order valence-electron chi connectivity index (χ4n) is 1.06. The van der Waals surface area contributed by atoms with Gasteiger partial charge in [-0.25, -0.2) is 9.59 Å². The zero-order valence-electron chi connectivity index (χ0n) is 9.64. The fraction of sp³-hybridized carbons (Fsp3) is 0.500. The van der Waals surface area contributed by atoms with E-state index in [0.29, 0.717) is 0 Å². The van der Waals surface area contributed by atoms with Gasteiger partial charge in [-0.05, 0) is 6.92 Å². The third kappa shape index (κ3) is 3.20. The highest BCUT2D eigenvalue weighted by molar-refractivity contribution is 6.15. The van der Waals surface area contributed by atoms with Crippen molar-refractivity contribution in [1.29, 1.82) is 0 Å². The summed E-state index contributed by atoms with van der Waals surface area (Å²) < 4.78 is 9.62. The van der Waals surface area contributed by atoms with E-state index in [9.17, 15) is 14.4 Å². The van der Waals surface area contributed by atoms with Gasteiger partial charge in [0, 0.05) is 20.0 Å². The van der Waals surface area contributed by atoms with E-state index >= 15 is 0 Å². The summed E-state index contributed by atoms with van der Waals surface area (Å²) in [5, 5.41) is 11.0. The molecule has 0 saturated carbocycles. The van der Waals surface area contributed by atoms with Crippen LogP contribution in [0.2, 0.25) is 0 Å². The SMILES string of the molecule is C[C@H](NC=C1C(=O)OC(C)(C)OC1=O)C(=O)O. The maximum atomic E-state index is 11.4. The minimum Gasteiger partial charge on any atom is -0.480 e. The number of esters is 2. The summed E-state index contributed by atoms with van der Waals surface area (Å²) in [4.78, 5) is 33.4. The van der Waals surface area contributed by atoms with Gasteiger partial charge in [0.2, 0.25) is 0 Å². The molecule has 94 valence electrons. The summed E-state index contributed by atoms with van der Waals surface area (Å²) >= 11 is 0. The average Bonchev–Trinajstić information content (AvgIpc) is 2.13. The molecule has 1 fully saturated rings. The quantitative estimate of drug-likeness (QED) is 0.401. The van der Waals surface area contributed by atoms with Gasteiger partial charge in [0.15, 0.2) is 5.57 Å². The normalized spacial score (nSPS) is 20.1. The lowest BCUT2D eigenvalue weighted by Crippen LogP contribution is -2.42. The number of rotatable bonds is 3. The van der Waals surface area contributed by atoms with Crippen molar-refractivity contribution in [3.05, 3.63) is 11.8 Å². The Morgan fingerprint density at radius 3 is 2.24 bits per heavy atom. The Bertz CT molecular complexity index is 376. The van der Waals surface area contributed by atoms with Gasteiger partial charge in [-0.2, -0.15) is 0 Å². The first-order valence-corrected chi connectivity index (χ1v) is 4.88. The van der Waals surface area contributed by atoms with Crippen LogP contribution in [0.25, 0.3) is 0 Å². The predicted molar refractivity (Wildman–Crippen MR) is 54.6 cm³/mol. The second kappa shape index (κ2) is 4.44. The maximum Gasteiger partial charge on any atom is 0.350 e. The van der Waals surface area contributed by atoms with Crippen molar-refractivity contribution in [3.63, 3.8) is 0 Å². The highest BCUT2D eigenvalue weighted by atomic mass is 16.7. The fourth-order valence-corrected chi connectivity index (χ4v) is 1.06. The number of carbonyl (C=O) groups excluding carboxylic acids is 2. The van der Waals surface area contributed by atoms with E-state index in [1.165, 1.54) is 20.8 Å². The third-order valence-electron chi connectivity index (χ3n) is 1.96. The number of ether oxygens (including phenoxy) is 2. The molecule has 0 bridgehead atoms. The zero-order chi connectivity index (χ0) is 13.2. The van der Waals surface area contributed by atoms with Crippen LogP contribution in [0.4, 0.5) is 0 Å². The summed E-state index contributed by atoms with van der Waals surface area (Å²) in [6.45, 7) is 4.21. The average molecular weight is 243 g/mol. The molecule has 7 nitrogen and oxygen atoms in total. The Morgan fingerprint density at radius 1 is 1.35 bits per heavy atom. The van der Waals surface area contributed by atoms with Crippen LogP contribution < -0.4 is 5.32 Å². The molecule has 0 aromatic rings. The number of cyclic esters (lactones) is 2. The van der Waals surface area contributed by atoms with E-state index in [1.807, 2.05) is 0 Å². The van der Waals surface area contributed by atoms with Crippen LogP contribution >= 0.6 is 0 Å². The molecule has 1 heterocycles. The van der Waals surface area contributed by atoms with Crippen molar-refractivity contribution in [2.75, 3.05) is 0 Å². The Labute approximate surface area is 97.4 Å². The first kappa shape index (κ1) is 13.0. The summed E-state index contributed by atoms with van der Waals surface area (Å²) in [5.74, 6) is -4.11. The number of nitrogens with one attached hydrogen (secondary N) is 1. The predicted octanol–water partition coefficient (Wildman–Crippen LogP) is -0.231. The standard InChI is InChI=1S/C10H13NO6/c1-5(7(12)13)11-4-6-8(14)16-10(2,3)17-9(6)15/h4-5,11H,1-3H3,(H,12,13)/t5-/m0/s1. The Hall–Kier alpha value is -2.05. The molecule has 2 N–H and O–H groups in total. The van der Waals surface area contributed by atoms with Crippen LogP contribution in [0.5, 0.6) is 0 Å². The summed E-state index contributed by atoms with van der Waals surface area (Å²) in [5.41, 5.74) is -0.363. The summed E-state index contributed by atoms with van der Waals surface area (Å²) in [6.07, 6.45) is 0.985. The van der Waals surface area contributed by atoms with E-state index in [4.69, 9.17) is 14.6 Å². The lowest BCUT2D eigenvalue weighted by Gasteiger charge is -2.29. The first-order chi connectivity index (χ1) is 7.73. The molecular weight excluding hydrogens is 230 g/mol. The maximum absolute atomic E-state index is 11.4. The van der Waals surface area contributed by atoms with E-state index in [-0.39, 0.29) is 5.57 Å². The largest absolute Gasteiger partial charge is 0.480 e. The van der Waals surface area contributed by atoms with Gasteiger partial charge in [-0.3, -0.25) is 4.79 Å². The minimum atomic E-state index is -1.30. The molecule has 0 aromatic heterocycles.